The highest BCUT2D eigenvalue weighted by atomic mass is 32.1. The molecule has 0 atom stereocenters. The molecule has 0 bridgehead atoms. The molecule has 94 valence electrons. The van der Waals surface area contributed by atoms with Gasteiger partial charge in [0.2, 0.25) is 5.91 Å². The number of aromatic amines is 1. The third-order valence-corrected chi connectivity index (χ3v) is 3.39. The SMILES string of the molecule is CCC(CC)(C(=O)NCc1ncn[nH]1)C(N)=S. The summed E-state index contributed by atoms with van der Waals surface area (Å²) in [5.74, 6) is 0.439. The average Bonchev–Trinajstić information content (AvgIpc) is 2.81. The Morgan fingerprint density at radius 1 is 1.59 bits per heavy atom. The van der Waals surface area contributed by atoms with E-state index in [1.54, 1.807) is 0 Å². The van der Waals surface area contributed by atoms with Crippen LogP contribution < -0.4 is 11.1 Å². The number of hydrogen-bond donors (Lipinski definition) is 3. The molecule has 4 N–H and O–H groups in total. The number of nitrogens with one attached hydrogen (secondary N) is 2. The highest BCUT2D eigenvalue weighted by molar-refractivity contribution is 7.80. The third kappa shape index (κ3) is 2.79. The topological polar surface area (TPSA) is 96.7 Å². The minimum absolute atomic E-state index is 0.161. The van der Waals surface area contributed by atoms with Crippen LogP contribution in [-0.4, -0.2) is 26.1 Å². The maximum absolute atomic E-state index is 12.1. The Morgan fingerprint density at radius 2 is 2.24 bits per heavy atom. The first-order valence-corrected chi connectivity index (χ1v) is 5.90. The minimum Gasteiger partial charge on any atom is -0.392 e. The van der Waals surface area contributed by atoms with Gasteiger partial charge >= 0.3 is 0 Å². The molecule has 0 aliphatic carbocycles. The summed E-state index contributed by atoms with van der Waals surface area (Å²) in [6.07, 6.45) is 2.56. The molecule has 0 unspecified atom stereocenters. The zero-order valence-electron chi connectivity index (χ0n) is 9.99. The number of H-pyrrole nitrogens is 1. The van der Waals surface area contributed by atoms with E-state index in [0.29, 0.717) is 25.2 Å². The molecule has 1 aromatic heterocycles. The van der Waals surface area contributed by atoms with E-state index in [-0.39, 0.29) is 10.9 Å². The van der Waals surface area contributed by atoms with E-state index in [2.05, 4.69) is 20.5 Å². The molecule has 0 spiro atoms. The monoisotopic (exact) mass is 255 g/mol. The maximum atomic E-state index is 12.1. The van der Waals surface area contributed by atoms with Crippen LogP contribution in [0.15, 0.2) is 6.33 Å². The van der Waals surface area contributed by atoms with Gasteiger partial charge in [0.05, 0.1) is 16.9 Å². The van der Waals surface area contributed by atoms with Gasteiger partial charge in [0.25, 0.3) is 0 Å². The standard InChI is InChI=1S/C10H17N5OS/c1-3-10(4-2,8(11)17)9(16)12-5-7-13-6-14-15-7/h6H,3-5H2,1-2H3,(H2,11,17)(H,12,16)(H,13,14,15). The first-order chi connectivity index (χ1) is 8.06. The summed E-state index contributed by atoms with van der Waals surface area (Å²) in [7, 11) is 0. The Bertz CT molecular complexity index is 385. The number of carbonyl (C=O) groups is 1. The van der Waals surface area contributed by atoms with Crippen molar-refractivity contribution in [2.75, 3.05) is 0 Å². The summed E-state index contributed by atoms with van der Waals surface area (Å²) in [5.41, 5.74) is 4.91. The second-order valence-electron chi connectivity index (χ2n) is 3.77. The molecule has 1 aromatic rings. The van der Waals surface area contributed by atoms with Gasteiger partial charge in [-0.05, 0) is 12.8 Å². The van der Waals surface area contributed by atoms with Gasteiger partial charge in [-0.15, -0.1) is 0 Å². The lowest BCUT2D eigenvalue weighted by molar-refractivity contribution is -0.128. The number of aromatic nitrogens is 3. The third-order valence-electron chi connectivity index (χ3n) is 2.99. The van der Waals surface area contributed by atoms with Crippen molar-refractivity contribution in [1.29, 1.82) is 0 Å². The highest BCUT2D eigenvalue weighted by Crippen LogP contribution is 2.27. The van der Waals surface area contributed by atoms with Gasteiger partial charge in [-0.2, -0.15) is 5.10 Å². The van der Waals surface area contributed by atoms with Gasteiger partial charge in [-0.1, -0.05) is 26.1 Å². The molecule has 0 aliphatic heterocycles. The highest BCUT2D eigenvalue weighted by Gasteiger charge is 2.37. The molecule has 7 heteroatoms. The summed E-state index contributed by atoms with van der Waals surface area (Å²) in [6.45, 7) is 4.09. The normalized spacial score (nSPS) is 11.2. The molecule has 0 saturated carbocycles. The van der Waals surface area contributed by atoms with E-state index in [4.69, 9.17) is 18.0 Å². The van der Waals surface area contributed by atoms with E-state index in [1.807, 2.05) is 13.8 Å². The fourth-order valence-corrected chi connectivity index (χ4v) is 2.06. The van der Waals surface area contributed by atoms with Gasteiger partial charge in [0.15, 0.2) is 0 Å². The zero-order chi connectivity index (χ0) is 12.9. The van der Waals surface area contributed by atoms with E-state index in [1.165, 1.54) is 6.33 Å². The van der Waals surface area contributed by atoms with Crippen LogP contribution >= 0.6 is 12.2 Å². The number of carbonyl (C=O) groups excluding carboxylic acids is 1. The van der Waals surface area contributed by atoms with Crippen LogP contribution in [0, 0.1) is 5.41 Å². The van der Waals surface area contributed by atoms with Crippen LogP contribution in [0.4, 0.5) is 0 Å². The van der Waals surface area contributed by atoms with Crippen molar-refractivity contribution in [3.63, 3.8) is 0 Å². The number of rotatable bonds is 6. The molecular formula is C10H17N5OS. The molecule has 0 aliphatic rings. The zero-order valence-corrected chi connectivity index (χ0v) is 10.8. The lowest BCUT2D eigenvalue weighted by Crippen LogP contribution is -2.48. The fraction of sp³-hybridized carbons (Fsp3) is 0.600. The summed E-state index contributed by atoms with van der Waals surface area (Å²) in [6, 6.07) is 0. The van der Waals surface area contributed by atoms with Crippen LogP contribution in [0.5, 0.6) is 0 Å². The number of amides is 1. The molecule has 1 amide bonds. The van der Waals surface area contributed by atoms with Gasteiger partial charge in [0, 0.05) is 0 Å². The van der Waals surface area contributed by atoms with Crippen LogP contribution in [0.1, 0.15) is 32.5 Å². The second-order valence-corrected chi connectivity index (χ2v) is 4.21. The Kier molecular flexibility index (Phi) is 4.56. The van der Waals surface area contributed by atoms with Crippen LogP contribution in [0.25, 0.3) is 0 Å². The van der Waals surface area contributed by atoms with Gasteiger partial charge in [0.1, 0.15) is 12.2 Å². The molecule has 0 aromatic carbocycles. The van der Waals surface area contributed by atoms with Gasteiger partial charge in [-0.3, -0.25) is 9.89 Å². The minimum atomic E-state index is -0.768. The Morgan fingerprint density at radius 3 is 2.65 bits per heavy atom. The summed E-state index contributed by atoms with van der Waals surface area (Å²) in [4.78, 5) is 16.3. The quantitative estimate of drug-likeness (QED) is 0.644. The number of hydrogen-bond acceptors (Lipinski definition) is 4. The van der Waals surface area contributed by atoms with Crippen molar-refractivity contribution in [3.05, 3.63) is 12.2 Å². The van der Waals surface area contributed by atoms with E-state index < -0.39 is 5.41 Å². The smallest absolute Gasteiger partial charge is 0.233 e. The van der Waals surface area contributed by atoms with E-state index in [9.17, 15) is 4.79 Å². The van der Waals surface area contributed by atoms with Crippen LogP contribution in [-0.2, 0) is 11.3 Å². The fourth-order valence-electron chi connectivity index (χ4n) is 1.68. The second kappa shape index (κ2) is 5.72. The van der Waals surface area contributed by atoms with Gasteiger partial charge < -0.3 is 11.1 Å². The largest absolute Gasteiger partial charge is 0.392 e. The molecular weight excluding hydrogens is 238 g/mol. The molecule has 1 rings (SSSR count). The Hall–Kier alpha value is -1.50. The molecule has 17 heavy (non-hydrogen) atoms. The lowest BCUT2D eigenvalue weighted by atomic mass is 9.81. The van der Waals surface area contributed by atoms with Crippen molar-refractivity contribution in [3.8, 4) is 0 Å². The van der Waals surface area contributed by atoms with Crippen molar-refractivity contribution in [2.24, 2.45) is 11.1 Å². The first-order valence-electron chi connectivity index (χ1n) is 5.49. The first kappa shape index (κ1) is 13.6. The average molecular weight is 255 g/mol. The maximum Gasteiger partial charge on any atom is 0.233 e. The number of nitrogens with two attached hydrogens (primary N) is 1. The Balaban J connectivity index is 2.69. The molecule has 0 fully saturated rings. The predicted octanol–water partition coefficient (Wildman–Crippen LogP) is 0.513. The van der Waals surface area contributed by atoms with Crippen LogP contribution in [0.3, 0.4) is 0 Å². The predicted molar refractivity (Wildman–Crippen MR) is 68.0 cm³/mol. The van der Waals surface area contributed by atoms with Crippen LogP contribution in [0.2, 0.25) is 0 Å². The van der Waals surface area contributed by atoms with E-state index >= 15 is 0 Å². The number of nitrogens with zero attached hydrogens (tertiary/aromatic N) is 2. The van der Waals surface area contributed by atoms with Crippen molar-refractivity contribution in [1.82, 2.24) is 20.5 Å². The molecule has 1 heterocycles. The van der Waals surface area contributed by atoms with Gasteiger partial charge in [-0.25, -0.2) is 4.98 Å². The molecule has 0 radical (unpaired) electrons. The van der Waals surface area contributed by atoms with E-state index in [0.717, 1.165) is 0 Å². The summed E-state index contributed by atoms with van der Waals surface area (Å²) >= 11 is 5.00. The molecule has 0 saturated heterocycles. The van der Waals surface area contributed by atoms with Crippen molar-refractivity contribution >= 4 is 23.1 Å². The lowest BCUT2D eigenvalue weighted by Gasteiger charge is -2.28. The van der Waals surface area contributed by atoms with Crippen molar-refractivity contribution < 1.29 is 4.79 Å². The summed E-state index contributed by atoms with van der Waals surface area (Å²) < 4.78 is 0. The Labute approximate surface area is 105 Å². The summed E-state index contributed by atoms with van der Waals surface area (Å²) in [5, 5.41) is 9.14. The number of thiocarbonyl (C=S) groups is 1. The molecule has 6 nitrogen and oxygen atoms in total. The van der Waals surface area contributed by atoms with Crippen molar-refractivity contribution in [2.45, 2.75) is 33.2 Å².